The zero-order valence-corrected chi connectivity index (χ0v) is 11.6. The van der Waals surface area contributed by atoms with Gasteiger partial charge in [0, 0.05) is 19.5 Å². The second-order valence-corrected chi connectivity index (χ2v) is 6.00. The smallest absolute Gasteiger partial charge is 0.222 e. The lowest BCUT2D eigenvalue weighted by molar-refractivity contribution is -0.131. The van der Waals surface area contributed by atoms with Crippen LogP contribution in [0.2, 0.25) is 0 Å². The Morgan fingerprint density at radius 2 is 2.05 bits per heavy atom. The van der Waals surface area contributed by atoms with Crippen molar-refractivity contribution in [1.82, 2.24) is 4.90 Å². The fourth-order valence-electron chi connectivity index (χ4n) is 2.43. The third-order valence-corrected chi connectivity index (χ3v) is 3.93. The Morgan fingerprint density at radius 1 is 1.32 bits per heavy atom. The Kier molecular flexibility index (Phi) is 3.90. The molecule has 3 nitrogen and oxygen atoms in total. The highest BCUT2D eigenvalue weighted by Gasteiger charge is 2.27. The van der Waals surface area contributed by atoms with Gasteiger partial charge in [0.1, 0.15) is 0 Å². The molecule has 3 heteroatoms. The molecular weight excluding hydrogens is 236 g/mol. The van der Waals surface area contributed by atoms with Crippen LogP contribution in [-0.4, -0.2) is 17.4 Å². The van der Waals surface area contributed by atoms with Crippen molar-refractivity contribution in [1.29, 1.82) is 5.26 Å². The Bertz CT molecular complexity index is 514. The molecule has 1 aromatic carbocycles. The molecule has 1 aromatic rings. The van der Waals surface area contributed by atoms with Crippen LogP contribution in [0, 0.1) is 16.7 Å². The van der Waals surface area contributed by atoms with E-state index in [9.17, 15) is 4.79 Å². The summed E-state index contributed by atoms with van der Waals surface area (Å²) in [6, 6.07) is 9.71. The van der Waals surface area contributed by atoms with Gasteiger partial charge in [0.15, 0.2) is 0 Å². The van der Waals surface area contributed by atoms with E-state index in [0.29, 0.717) is 18.5 Å². The summed E-state index contributed by atoms with van der Waals surface area (Å²) in [5.74, 6) is 0.207. The van der Waals surface area contributed by atoms with Crippen LogP contribution in [0.5, 0.6) is 0 Å². The highest BCUT2D eigenvalue weighted by molar-refractivity contribution is 5.76. The summed E-state index contributed by atoms with van der Waals surface area (Å²) in [7, 11) is 0. The van der Waals surface area contributed by atoms with Crippen LogP contribution in [0.1, 0.15) is 44.2 Å². The number of amides is 1. The Balaban J connectivity index is 2.14. The van der Waals surface area contributed by atoms with Crippen molar-refractivity contribution in [3.63, 3.8) is 0 Å². The maximum atomic E-state index is 12.1. The SMILES string of the molecule is CC1(C)CCC(=O)N(Cc2ccccc2C#N)CC1. The number of carbonyl (C=O) groups excluding carboxylic acids is 1. The number of benzene rings is 1. The molecule has 1 amide bonds. The Hall–Kier alpha value is -1.82. The van der Waals surface area contributed by atoms with Gasteiger partial charge in [-0.3, -0.25) is 4.79 Å². The lowest BCUT2D eigenvalue weighted by Gasteiger charge is -2.23. The van der Waals surface area contributed by atoms with Gasteiger partial charge < -0.3 is 4.90 Å². The van der Waals surface area contributed by atoms with Crippen molar-refractivity contribution in [2.45, 2.75) is 39.7 Å². The third-order valence-electron chi connectivity index (χ3n) is 3.93. The van der Waals surface area contributed by atoms with Crippen molar-refractivity contribution < 1.29 is 4.79 Å². The van der Waals surface area contributed by atoms with Gasteiger partial charge in [-0.2, -0.15) is 5.26 Å². The van der Waals surface area contributed by atoms with Gasteiger partial charge in [0.05, 0.1) is 11.6 Å². The van der Waals surface area contributed by atoms with Gasteiger partial charge in [-0.1, -0.05) is 32.0 Å². The van der Waals surface area contributed by atoms with Gasteiger partial charge in [0.2, 0.25) is 5.91 Å². The van der Waals surface area contributed by atoms with Crippen LogP contribution >= 0.6 is 0 Å². The molecule has 1 heterocycles. The summed E-state index contributed by atoms with van der Waals surface area (Å²) in [4.78, 5) is 14.0. The molecule has 1 aliphatic heterocycles. The summed E-state index contributed by atoms with van der Waals surface area (Å²) in [5.41, 5.74) is 1.84. The van der Waals surface area contributed by atoms with Crippen LogP contribution in [0.3, 0.4) is 0 Å². The quantitative estimate of drug-likeness (QED) is 0.816. The lowest BCUT2D eigenvalue weighted by Crippen LogP contribution is -2.30. The summed E-state index contributed by atoms with van der Waals surface area (Å²) in [6.45, 7) is 5.77. The molecule has 19 heavy (non-hydrogen) atoms. The minimum atomic E-state index is 0.207. The van der Waals surface area contributed by atoms with Crippen LogP contribution in [-0.2, 0) is 11.3 Å². The molecule has 1 fully saturated rings. The molecule has 0 radical (unpaired) electrons. The van der Waals surface area contributed by atoms with E-state index in [1.807, 2.05) is 29.2 Å². The average molecular weight is 256 g/mol. The fourth-order valence-corrected chi connectivity index (χ4v) is 2.43. The second-order valence-electron chi connectivity index (χ2n) is 6.00. The molecule has 100 valence electrons. The van der Waals surface area contributed by atoms with E-state index < -0.39 is 0 Å². The molecule has 0 bridgehead atoms. The Morgan fingerprint density at radius 3 is 2.79 bits per heavy atom. The molecule has 1 aliphatic rings. The zero-order chi connectivity index (χ0) is 13.9. The first-order valence-electron chi connectivity index (χ1n) is 6.78. The summed E-state index contributed by atoms with van der Waals surface area (Å²) >= 11 is 0. The van der Waals surface area contributed by atoms with Gasteiger partial charge in [0.25, 0.3) is 0 Å². The van der Waals surface area contributed by atoms with Gasteiger partial charge in [-0.15, -0.1) is 0 Å². The van der Waals surface area contributed by atoms with Gasteiger partial charge in [-0.25, -0.2) is 0 Å². The van der Waals surface area contributed by atoms with Gasteiger partial charge in [-0.05, 0) is 29.9 Å². The monoisotopic (exact) mass is 256 g/mol. The standard InChI is InChI=1S/C16H20N2O/c1-16(2)8-7-15(19)18(10-9-16)12-14-6-4-3-5-13(14)11-17/h3-6H,7-10,12H2,1-2H3. The largest absolute Gasteiger partial charge is 0.338 e. The number of nitrogens with zero attached hydrogens (tertiary/aromatic N) is 2. The number of likely N-dealkylation sites (tertiary alicyclic amines) is 1. The van der Waals surface area contributed by atoms with Crippen molar-refractivity contribution in [2.24, 2.45) is 5.41 Å². The molecule has 0 atom stereocenters. The molecule has 2 rings (SSSR count). The van der Waals surface area contributed by atoms with E-state index >= 15 is 0 Å². The number of nitriles is 1. The average Bonchev–Trinajstić information content (AvgIpc) is 2.52. The first-order chi connectivity index (χ1) is 9.02. The second kappa shape index (κ2) is 5.44. The van der Waals surface area contributed by atoms with Gasteiger partial charge >= 0.3 is 0 Å². The molecule has 0 N–H and O–H groups in total. The molecule has 1 saturated heterocycles. The third kappa shape index (κ3) is 3.35. The van der Waals surface area contributed by atoms with Crippen molar-refractivity contribution in [3.8, 4) is 6.07 Å². The summed E-state index contributed by atoms with van der Waals surface area (Å²) < 4.78 is 0. The number of hydrogen-bond donors (Lipinski definition) is 0. The fraction of sp³-hybridized carbons (Fsp3) is 0.500. The highest BCUT2D eigenvalue weighted by Crippen LogP contribution is 2.30. The molecule has 0 spiro atoms. The van der Waals surface area contributed by atoms with Crippen molar-refractivity contribution in [3.05, 3.63) is 35.4 Å². The van der Waals surface area contributed by atoms with E-state index in [2.05, 4.69) is 19.9 Å². The van der Waals surface area contributed by atoms with Crippen LogP contribution in [0.15, 0.2) is 24.3 Å². The van der Waals surface area contributed by atoms with Crippen LogP contribution in [0.25, 0.3) is 0 Å². The van der Waals surface area contributed by atoms with E-state index in [1.54, 1.807) is 0 Å². The summed E-state index contributed by atoms with van der Waals surface area (Å²) in [6.07, 6.45) is 2.58. The van der Waals surface area contributed by atoms with E-state index in [4.69, 9.17) is 5.26 Å². The van der Waals surface area contributed by atoms with Crippen LogP contribution in [0.4, 0.5) is 0 Å². The van der Waals surface area contributed by atoms with E-state index in [-0.39, 0.29) is 11.3 Å². The molecular formula is C16H20N2O. The Labute approximate surface area is 114 Å². The van der Waals surface area contributed by atoms with Crippen molar-refractivity contribution >= 4 is 5.91 Å². The summed E-state index contributed by atoms with van der Waals surface area (Å²) in [5, 5.41) is 9.10. The first-order valence-corrected chi connectivity index (χ1v) is 6.78. The molecule has 0 aliphatic carbocycles. The number of hydrogen-bond acceptors (Lipinski definition) is 2. The zero-order valence-electron chi connectivity index (χ0n) is 11.6. The molecule has 0 saturated carbocycles. The maximum absolute atomic E-state index is 12.1. The first kappa shape index (κ1) is 13.6. The molecule has 0 unspecified atom stereocenters. The minimum absolute atomic E-state index is 0.207. The predicted molar refractivity (Wildman–Crippen MR) is 74.2 cm³/mol. The van der Waals surface area contributed by atoms with E-state index in [1.165, 1.54) is 0 Å². The van der Waals surface area contributed by atoms with E-state index in [0.717, 1.165) is 24.9 Å². The van der Waals surface area contributed by atoms with Crippen molar-refractivity contribution in [2.75, 3.05) is 6.54 Å². The number of carbonyl (C=O) groups is 1. The maximum Gasteiger partial charge on any atom is 0.222 e. The predicted octanol–water partition coefficient (Wildman–Crippen LogP) is 3.10. The topological polar surface area (TPSA) is 44.1 Å². The minimum Gasteiger partial charge on any atom is -0.338 e. The van der Waals surface area contributed by atoms with Crippen LogP contribution < -0.4 is 0 Å². The number of rotatable bonds is 2. The highest BCUT2D eigenvalue weighted by atomic mass is 16.2. The molecule has 0 aromatic heterocycles. The lowest BCUT2D eigenvalue weighted by atomic mass is 9.85. The normalized spacial score (nSPS) is 18.8.